The molecule has 4 rings (SSSR count). The topological polar surface area (TPSA) is 46.1 Å². The van der Waals surface area contributed by atoms with Crippen molar-refractivity contribution in [1.82, 2.24) is 9.97 Å². The zero-order valence-electron chi connectivity index (χ0n) is 17.4. The molecule has 8 heteroatoms. The molecule has 0 unspecified atom stereocenters. The van der Waals surface area contributed by atoms with Crippen molar-refractivity contribution in [3.05, 3.63) is 82.1 Å². The van der Waals surface area contributed by atoms with Crippen LogP contribution in [0.1, 0.15) is 24.1 Å². The van der Waals surface area contributed by atoms with Crippen LogP contribution in [0.15, 0.2) is 65.7 Å². The third-order valence-electron chi connectivity index (χ3n) is 4.88. The second-order valence-electron chi connectivity index (χ2n) is 7.25. The maximum atomic E-state index is 13.3. The van der Waals surface area contributed by atoms with Gasteiger partial charge in [-0.2, -0.15) is 0 Å². The fourth-order valence-electron chi connectivity index (χ4n) is 3.20. The van der Waals surface area contributed by atoms with E-state index in [4.69, 9.17) is 28.2 Å². The van der Waals surface area contributed by atoms with Crippen LogP contribution >= 0.6 is 46.3 Å². The molecule has 0 saturated carbocycles. The molecular weight excluding hydrogens is 481 g/mol. The first-order valence-corrected chi connectivity index (χ1v) is 12.7. The average Bonchev–Trinajstić information content (AvgIpc) is 3.26. The van der Waals surface area contributed by atoms with Gasteiger partial charge in [-0.15, -0.1) is 11.8 Å². The molecule has 2 aromatic heterocycles. The maximum absolute atomic E-state index is 13.3. The number of aryl methyl sites for hydroxylation is 1. The summed E-state index contributed by atoms with van der Waals surface area (Å²) in [4.78, 5) is 25.3. The largest absolute Gasteiger partial charge is 0.282 e. The first-order valence-electron chi connectivity index (χ1n) is 10.2. The average molecular weight is 502 g/mol. The number of thiazole rings is 1. The molecule has 2 heterocycles. The van der Waals surface area contributed by atoms with Gasteiger partial charge < -0.3 is 0 Å². The van der Waals surface area contributed by atoms with E-state index in [1.165, 1.54) is 11.3 Å². The van der Waals surface area contributed by atoms with Crippen LogP contribution in [0.4, 0.5) is 5.13 Å². The summed E-state index contributed by atoms with van der Waals surface area (Å²) in [7, 11) is 0. The van der Waals surface area contributed by atoms with Gasteiger partial charge in [-0.1, -0.05) is 46.7 Å². The van der Waals surface area contributed by atoms with E-state index in [2.05, 4.69) is 4.98 Å². The molecule has 164 valence electrons. The van der Waals surface area contributed by atoms with Gasteiger partial charge in [-0.05, 0) is 67.1 Å². The van der Waals surface area contributed by atoms with Crippen molar-refractivity contribution in [1.29, 1.82) is 0 Å². The fraction of sp³-hybridized carbons (Fsp3) is 0.208. The van der Waals surface area contributed by atoms with Gasteiger partial charge in [0.2, 0.25) is 5.91 Å². The van der Waals surface area contributed by atoms with Crippen molar-refractivity contribution in [2.75, 3.05) is 10.7 Å². The SMILES string of the molecule is Cc1ccc(Cl)c2sc(N(Cc3ccccn3)C(=O)CCCSc3ccc(Cl)cc3)nc12. The number of aromatic nitrogens is 2. The zero-order valence-corrected chi connectivity index (χ0v) is 20.6. The number of carbonyl (C=O) groups excluding carboxylic acids is 1. The summed E-state index contributed by atoms with van der Waals surface area (Å²) in [6, 6.07) is 17.3. The molecule has 0 radical (unpaired) electrons. The van der Waals surface area contributed by atoms with E-state index < -0.39 is 0 Å². The molecule has 2 aromatic carbocycles. The summed E-state index contributed by atoms with van der Waals surface area (Å²) in [6.07, 6.45) is 2.92. The third-order valence-corrected chi connectivity index (χ3v) is 7.77. The lowest BCUT2D eigenvalue weighted by atomic mass is 10.2. The minimum atomic E-state index is 0.0280. The van der Waals surface area contributed by atoms with Crippen molar-refractivity contribution in [3.8, 4) is 0 Å². The van der Waals surface area contributed by atoms with Crippen molar-refractivity contribution >= 4 is 67.6 Å². The molecular formula is C24H21Cl2N3OS2. The van der Waals surface area contributed by atoms with E-state index >= 15 is 0 Å². The van der Waals surface area contributed by atoms with Crippen LogP contribution in [-0.4, -0.2) is 21.6 Å². The smallest absolute Gasteiger partial charge is 0.229 e. The van der Waals surface area contributed by atoms with E-state index in [1.807, 2.05) is 61.5 Å². The lowest BCUT2D eigenvalue weighted by Crippen LogP contribution is -2.30. The van der Waals surface area contributed by atoms with Crippen LogP contribution in [-0.2, 0) is 11.3 Å². The molecule has 1 amide bonds. The number of carbonyl (C=O) groups is 1. The highest BCUT2D eigenvalue weighted by atomic mass is 35.5. The highest BCUT2D eigenvalue weighted by molar-refractivity contribution is 7.99. The maximum Gasteiger partial charge on any atom is 0.229 e. The predicted molar refractivity (Wildman–Crippen MR) is 136 cm³/mol. The Labute approximate surface area is 205 Å². The van der Waals surface area contributed by atoms with Gasteiger partial charge in [0, 0.05) is 22.5 Å². The lowest BCUT2D eigenvalue weighted by Gasteiger charge is -2.19. The van der Waals surface area contributed by atoms with Crippen LogP contribution in [0, 0.1) is 6.92 Å². The van der Waals surface area contributed by atoms with Gasteiger partial charge in [0.15, 0.2) is 5.13 Å². The molecule has 0 atom stereocenters. The summed E-state index contributed by atoms with van der Waals surface area (Å²) < 4.78 is 0.902. The number of hydrogen-bond acceptors (Lipinski definition) is 5. The van der Waals surface area contributed by atoms with Crippen molar-refractivity contribution < 1.29 is 4.79 Å². The van der Waals surface area contributed by atoms with Crippen LogP contribution in [0.3, 0.4) is 0 Å². The van der Waals surface area contributed by atoms with E-state index in [1.54, 1.807) is 22.9 Å². The Hall–Kier alpha value is -2.12. The second-order valence-corrected chi connectivity index (χ2v) is 10.2. The van der Waals surface area contributed by atoms with Gasteiger partial charge in [0.1, 0.15) is 0 Å². The van der Waals surface area contributed by atoms with Gasteiger partial charge >= 0.3 is 0 Å². The highest BCUT2D eigenvalue weighted by Crippen LogP contribution is 2.36. The molecule has 4 nitrogen and oxygen atoms in total. The summed E-state index contributed by atoms with van der Waals surface area (Å²) >= 11 is 15.5. The van der Waals surface area contributed by atoms with Crippen molar-refractivity contribution in [2.45, 2.75) is 31.2 Å². The molecule has 0 fully saturated rings. The number of fused-ring (bicyclic) bond motifs is 1. The monoisotopic (exact) mass is 501 g/mol. The van der Waals surface area contributed by atoms with Gasteiger partial charge in [-0.3, -0.25) is 14.7 Å². The summed E-state index contributed by atoms with van der Waals surface area (Å²) in [5.74, 6) is 0.871. The zero-order chi connectivity index (χ0) is 22.5. The number of anilines is 1. The van der Waals surface area contributed by atoms with E-state index in [-0.39, 0.29) is 5.91 Å². The summed E-state index contributed by atoms with van der Waals surface area (Å²) in [5, 5.41) is 2.03. The van der Waals surface area contributed by atoms with Crippen LogP contribution in [0.5, 0.6) is 0 Å². The van der Waals surface area contributed by atoms with E-state index in [0.717, 1.165) is 43.6 Å². The Morgan fingerprint density at radius 2 is 1.91 bits per heavy atom. The van der Waals surface area contributed by atoms with Crippen molar-refractivity contribution in [2.24, 2.45) is 0 Å². The molecule has 0 spiro atoms. The number of benzene rings is 2. The van der Waals surface area contributed by atoms with Crippen LogP contribution in [0.25, 0.3) is 10.2 Å². The first-order chi connectivity index (χ1) is 15.5. The first kappa shape index (κ1) is 23.1. The molecule has 0 bridgehead atoms. The van der Waals surface area contributed by atoms with Gasteiger partial charge in [-0.25, -0.2) is 4.98 Å². The molecule has 0 N–H and O–H groups in total. The number of rotatable bonds is 8. The number of halogens is 2. The molecule has 32 heavy (non-hydrogen) atoms. The minimum Gasteiger partial charge on any atom is -0.282 e. The van der Waals surface area contributed by atoms with Crippen molar-refractivity contribution in [3.63, 3.8) is 0 Å². The quantitative estimate of drug-likeness (QED) is 0.186. The molecule has 0 saturated heterocycles. The summed E-state index contributed by atoms with van der Waals surface area (Å²) in [5.41, 5.74) is 2.70. The lowest BCUT2D eigenvalue weighted by molar-refractivity contribution is -0.118. The fourth-order valence-corrected chi connectivity index (χ4v) is 5.51. The summed E-state index contributed by atoms with van der Waals surface area (Å²) in [6.45, 7) is 2.38. The molecule has 4 aromatic rings. The van der Waals surface area contributed by atoms with Gasteiger partial charge in [0.05, 0.1) is 27.5 Å². The normalized spacial score (nSPS) is 11.1. The standard InChI is InChI=1S/C24H21Cl2N3OS2/c1-16-7-12-20(26)23-22(16)28-24(32-23)29(15-18-5-2-3-13-27-18)21(30)6-4-14-31-19-10-8-17(25)9-11-19/h2-3,5,7-13H,4,6,14-15H2,1H3. The van der Waals surface area contributed by atoms with E-state index in [9.17, 15) is 4.79 Å². The molecule has 0 aliphatic rings. The van der Waals surface area contributed by atoms with E-state index in [0.29, 0.717) is 23.1 Å². The molecule has 0 aliphatic carbocycles. The third kappa shape index (κ3) is 5.62. The Morgan fingerprint density at radius 1 is 1.09 bits per heavy atom. The number of thioether (sulfide) groups is 1. The predicted octanol–water partition coefficient (Wildman–Crippen LogP) is 7.41. The van der Waals surface area contributed by atoms with Crippen LogP contribution in [0.2, 0.25) is 10.0 Å². The number of nitrogens with zero attached hydrogens (tertiary/aromatic N) is 3. The Morgan fingerprint density at radius 3 is 2.62 bits per heavy atom. The minimum absolute atomic E-state index is 0.0280. The second kappa shape index (κ2) is 10.7. The van der Waals surface area contributed by atoms with Crippen LogP contribution < -0.4 is 4.90 Å². The number of amides is 1. The highest BCUT2D eigenvalue weighted by Gasteiger charge is 2.21. The Kier molecular flexibility index (Phi) is 7.68. The Bertz CT molecular complexity index is 1170. The Balaban J connectivity index is 1.50. The number of hydrogen-bond donors (Lipinski definition) is 0. The number of pyridine rings is 1. The molecule has 0 aliphatic heterocycles. The van der Waals surface area contributed by atoms with Gasteiger partial charge in [0.25, 0.3) is 0 Å².